The molecule has 1 aromatic carbocycles. The maximum atomic E-state index is 13.6. The van der Waals surface area contributed by atoms with Crippen molar-refractivity contribution >= 4 is 35.5 Å². The quantitative estimate of drug-likeness (QED) is 0.0353. The molecular formula is C41H65N5O10. The molecule has 4 atom stereocenters. The molecule has 4 amide bonds. The van der Waals surface area contributed by atoms with Gasteiger partial charge in [-0.1, -0.05) is 83.3 Å². The van der Waals surface area contributed by atoms with E-state index >= 15 is 0 Å². The van der Waals surface area contributed by atoms with Crippen molar-refractivity contribution in [2.75, 3.05) is 19.7 Å². The minimum absolute atomic E-state index is 0.0497. The van der Waals surface area contributed by atoms with Crippen LogP contribution in [0.2, 0.25) is 0 Å². The van der Waals surface area contributed by atoms with E-state index in [4.69, 9.17) is 9.47 Å². The zero-order chi connectivity index (χ0) is 40.9. The Hall–Kier alpha value is -4.24. The number of hydrogen-bond acceptors (Lipinski definition) is 11. The van der Waals surface area contributed by atoms with Gasteiger partial charge in [-0.2, -0.15) is 0 Å². The van der Waals surface area contributed by atoms with E-state index in [9.17, 15) is 39.5 Å². The Labute approximate surface area is 331 Å². The normalized spacial score (nSPS) is 19.3. The summed E-state index contributed by atoms with van der Waals surface area (Å²) in [5.41, 5.74) is -1.12. The molecule has 2 aliphatic heterocycles. The molecule has 5 N–H and O–H groups in total. The Morgan fingerprint density at radius 1 is 1.00 bits per heavy atom. The van der Waals surface area contributed by atoms with Crippen LogP contribution in [-0.4, -0.2) is 105 Å². The van der Waals surface area contributed by atoms with E-state index < -0.39 is 47.4 Å². The second-order valence-electron chi connectivity index (χ2n) is 15.3. The monoisotopic (exact) mass is 787 g/mol. The number of carbonyl (C=O) groups excluding carboxylic acids is 5. The summed E-state index contributed by atoms with van der Waals surface area (Å²) in [6, 6.07) is 4.36. The predicted molar refractivity (Wildman–Crippen MR) is 209 cm³/mol. The topological polar surface area (TPSA) is 207 Å². The molecule has 1 fully saturated rings. The number of rotatable bonds is 25. The number of esters is 1. The summed E-state index contributed by atoms with van der Waals surface area (Å²) < 4.78 is 11.3. The fourth-order valence-electron chi connectivity index (χ4n) is 6.77. The van der Waals surface area contributed by atoms with Crippen LogP contribution < -0.4 is 10.6 Å². The molecule has 314 valence electrons. The lowest BCUT2D eigenvalue weighted by atomic mass is 10.0. The Balaban J connectivity index is 1.51. The number of aliphatic imine (C=N–C) groups is 1. The molecule has 0 aromatic heterocycles. The third-order valence-electron chi connectivity index (χ3n) is 10.2. The lowest BCUT2D eigenvalue weighted by Crippen LogP contribution is -2.52. The number of nitrogens with one attached hydrogen (secondary N) is 2. The van der Waals surface area contributed by atoms with Crippen LogP contribution in [0.5, 0.6) is 5.75 Å². The SMILES string of the molecule is CCCCCCCCCCCCCC(=O)N(O)CCCC[C@H](NC(=O)C1(C)COC(c2ccccc2O)=N1)C(=O)OC(C)CC(=O)NC1CCCCN(O)C1=O. The maximum Gasteiger partial charge on any atom is 0.328 e. The van der Waals surface area contributed by atoms with Gasteiger partial charge >= 0.3 is 5.97 Å². The summed E-state index contributed by atoms with van der Waals surface area (Å²) >= 11 is 0. The number of ether oxygens (including phenoxy) is 2. The highest BCUT2D eigenvalue weighted by Gasteiger charge is 2.42. The molecule has 2 heterocycles. The number of benzene rings is 1. The number of unbranched alkanes of at least 4 members (excludes halogenated alkanes) is 11. The van der Waals surface area contributed by atoms with Crippen LogP contribution in [0.1, 0.15) is 148 Å². The number of phenolic OH excluding ortho intramolecular Hbond substituents is 1. The third kappa shape index (κ3) is 15.7. The van der Waals surface area contributed by atoms with Crippen molar-refractivity contribution in [3.05, 3.63) is 29.8 Å². The molecule has 15 nitrogen and oxygen atoms in total. The summed E-state index contributed by atoms with van der Waals surface area (Å²) in [4.78, 5) is 69.2. The zero-order valence-electron chi connectivity index (χ0n) is 33.6. The summed E-state index contributed by atoms with van der Waals surface area (Å²) in [6.45, 7) is 5.36. The molecule has 3 unspecified atom stereocenters. The summed E-state index contributed by atoms with van der Waals surface area (Å²) in [5.74, 6) is -2.91. The van der Waals surface area contributed by atoms with Gasteiger partial charge in [-0.25, -0.2) is 19.9 Å². The van der Waals surface area contributed by atoms with E-state index in [0.717, 1.165) is 19.3 Å². The van der Waals surface area contributed by atoms with Gasteiger partial charge < -0.3 is 25.2 Å². The van der Waals surface area contributed by atoms with Crippen molar-refractivity contribution in [3.8, 4) is 5.75 Å². The van der Waals surface area contributed by atoms with E-state index in [-0.39, 0.29) is 56.5 Å². The maximum absolute atomic E-state index is 13.6. The summed E-state index contributed by atoms with van der Waals surface area (Å²) in [5, 5.41) is 37.2. The molecule has 1 aromatic rings. The standard InChI is InChI=1S/C41H65N5O10/c1-4-5-6-7-8-9-10-11-12-13-14-25-36(49)45(53)26-19-18-23-33(43-40(52)41(3)29-55-37(44-41)31-21-15-16-24-34(31)47)39(51)56-30(2)28-35(48)42-32-22-17-20-27-46(54)38(32)50/h15-16,21,24,30,32-33,47,53-54H,4-14,17-20,22-23,25-29H2,1-3H3,(H,42,48)(H,43,52)/t30?,32?,33-,41?/m0/s1. The first-order chi connectivity index (χ1) is 26.8. The molecule has 3 rings (SSSR count). The average Bonchev–Trinajstić information content (AvgIpc) is 3.50. The van der Waals surface area contributed by atoms with Crippen LogP contribution >= 0.6 is 0 Å². The first kappa shape index (κ1) is 46.1. The smallest absolute Gasteiger partial charge is 0.328 e. The molecule has 0 aliphatic carbocycles. The third-order valence-corrected chi connectivity index (χ3v) is 10.2. The van der Waals surface area contributed by atoms with E-state index in [0.29, 0.717) is 54.2 Å². The molecule has 56 heavy (non-hydrogen) atoms. The second-order valence-corrected chi connectivity index (χ2v) is 15.3. The first-order valence-corrected chi connectivity index (χ1v) is 20.7. The lowest BCUT2D eigenvalue weighted by Gasteiger charge is -2.25. The molecule has 0 saturated carbocycles. The molecular weight excluding hydrogens is 722 g/mol. The number of amides is 4. The van der Waals surface area contributed by atoms with Crippen LogP contribution in [0, 0.1) is 0 Å². The predicted octanol–water partition coefficient (Wildman–Crippen LogP) is 5.71. The van der Waals surface area contributed by atoms with E-state index in [1.807, 2.05) is 0 Å². The second kappa shape index (κ2) is 24.4. The Morgan fingerprint density at radius 3 is 2.34 bits per heavy atom. The van der Waals surface area contributed by atoms with Crippen molar-refractivity contribution in [2.45, 2.75) is 166 Å². The number of hydroxylamine groups is 4. The lowest BCUT2D eigenvalue weighted by molar-refractivity contribution is -0.167. The van der Waals surface area contributed by atoms with Crippen LogP contribution in [0.15, 0.2) is 29.3 Å². The zero-order valence-corrected chi connectivity index (χ0v) is 33.6. The fraction of sp³-hybridized carbons (Fsp3) is 0.707. The van der Waals surface area contributed by atoms with Crippen molar-refractivity contribution in [3.63, 3.8) is 0 Å². The van der Waals surface area contributed by atoms with Crippen molar-refractivity contribution in [2.24, 2.45) is 4.99 Å². The van der Waals surface area contributed by atoms with E-state index in [1.165, 1.54) is 64.9 Å². The van der Waals surface area contributed by atoms with Crippen LogP contribution in [0.4, 0.5) is 0 Å². The van der Waals surface area contributed by atoms with Crippen molar-refractivity contribution in [1.29, 1.82) is 0 Å². The molecule has 15 heteroatoms. The Bertz CT molecular complexity index is 1460. The van der Waals surface area contributed by atoms with Gasteiger partial charge in [0.1, 0.15) is 30.5 Å². The minimum Gasteiger partial charge on any atom is -0.507 e. The van der Waals surface area contributed by atoms with Crippen LogP contribution in [0.25, 0.3) is 0 Å². The van der Waals surface area contributed by atoms with Gasteiger partial charge in [0.15, 0.2) is 5.54 Å². The number of hydrogen-bond donors (Lipinski definition) is 5. The van der Waals surface area contributed by atoms with Crippen LogP contribution in [-0.2, 0) is 33.4 Å². The Kier molecular flexibility index (Phi) is 20.1. The highest BCUT2D eigenvalue weighted by Crippen LogP contribution is 2.26. The van der Waals surface area contributed by atoms with Gasteiger partial charge in [-0.3, -0.25) is 29.6 Å². The van der Waals surface area contributed by atoms with Gasteiger partial charge in [-0.05, 0) is 70.9 Å². The highest BCUT2D eigenvalue weighted by molar-refractivity contribution is 6.02. The molecule has 1 saturated heterocycles. The first-order valence-electron chi connectivity index (χ1n) is 20.7. The molecule has 0 spiro atoms. The number of aromatic hydroxyl groups is 1. The van der Waals surface area contributed by atoms with Gasteiger partial charge in [0.25, 0.3) is 11.8 Å². The molecule has 0 radical (unpaired) electrons. The average molecular weight is 788 g/mol. The number of carbonyl (C=O) groups is 5. The van der Waals surface area contributed by atoms with E-state index in [1.54, 1.807) is 18.2 Å². The number of nitrogens with zero attached hydrogens (tertiary/aromatic N) is 3. The van der Waals surface area contributed by atoms with E-state index in [2.05, 4.69) is 22.5 Å². The number of para-hydroxylation sites is 1. The van der Waals surface area contributed by atoms with Gasteiger partial charge in [0.2, 0.25) is 17.7 Å². The highest BCUT2D eigenvalue weighted by atomic mass is 16.5. The summed E-state index contributed by atoms with van der Waals surface area (Å²) in [6.07, 6.45) is 14.2. The van der Waals surface area contributed by atoms with Gasteiger partial charge in [0.05, 0.1) is 12.0 Å². The summed E-state index contributed by atoms with van der Waals surface area (Å²) in [7, 11) is 0. The van der Waals surface area contributed by atoms with Crippen LogP contribution in [0.3, 0.4) is 0 Å². The Morgan fingerprint density at radius 2 is 1.66 bits per heavy atom. The minimum atomic E-state index is -1.43. The number of phenols is 1. The van der Waals surface area contributed by atoms with Crippen molar-refractivity contribution < 1.29 is 49.0 Å². The van der Waals surface area contributed by atoms with Gasteiger partial charge in [-0.15, -0.1) is 0 Å². The molecule has 2 aliphatic rings. The largest absolute Gasteiger partial charge is 0.507 e. The van der Waals surface area contributed by atoms with Gasteiger partial charge in [0, 0.05) is 19.5 Å². The molecule has 0 bridgehead atoms. The van der Waals surface area contributed by atoms with Crippen molar-refractivity contribution in [1.82, 2.24) is 20.8 Å². The fourth-order valence-corrected chi connectivity index (χ4v) is 6.77.